The molecule has 7 heteroatoms. The minimum absolute atomic E-state index is 0.00920. The molecule has 358 valence electrons. The van der Waals surface area contributed by atoms with Gasteiger partial charge >= 0.3 is 305 Å². The number of ether oxygens (including phenoxy) is 1. The first kappa shape index (κ1) is 37.6. The fourth-order valence-corrected chi connectivity index (χ4v) is 12.5. The Morgan fingerprint density at radius 3 is 1.76 bits per heavy atom. The van der Waals surface area contributed by atoms with Crippen molar-refractivity contribution in [2.45, 2.75) is 13.7 Å². The van der Waals surface area contributed by atoms with Crippen molar-refractivity contribution in [2.75, 3.05) is 0 Å². The summed E-state index contributed by atoms with van der Waals surface area (Å²) in [5.74, 6) is 0.607. The molecule has 0 atom stereocenters. The normalized spacial score (nSPS) is 13.5. The van der Waals surface area contributed by atoms with Crippen LogP contribution in [0.1, 0.15) is 19.4 Å². The van der Waals surface area contributed by atoms with E-state index >= 15 is 0 Å². The molecule has 5 heterocycles. The predicted octanol–water partition coefficient (Wildman–Crippen LogP) is 17.2. The van der Waals surface area contributed by atoms with Crippen LogP contribution in [-0.2, 0) is 19.4 Å². The van der Waals surface area contributed by atoms with E-state index in [1.54, 1.807) is 30.5 Å². The Kier molecular flexibility index (Phi) is 8.52. The minimum atomic E-state index is -2.59. The van der Waals surface area contributed by atoms with Gasteiger partial charge in [-0.15, -0.1) is 0 Å². The molecule has 0 saturated heterocycles. The zero-order valence-electron chi connectivity index (χ0n) is 45.8. The van der Waals surface area contributed by atoms with Crippen molar-refractivity contribution < 1.29 is 32.3 Å². The molecule has 75 heavy (non-hydrogen) atoms. The molecule has 5 aromatic heterocycles. The topological polar surface area (TPSA) is 41.3 Å². The van der Waals surface area contributed by atoms with E-state index in [0.29, 0.717) is 22.6 Å². The van der Waals surface area contributed by atoms with Crippen molar-refractivity contribution in [3.8, 4) is 62.1 Å². The summed E-state index contributed by atoms with van der Waals surface area (Å²) >= 11 is 2.37. The molecule has 0 saturated carbocycles. The van der Waals surface area contributed by atoms with Crippen molar-refractivity contribution in [1.29, 1.82) is 0 Å². The monoisotopic (exact) mass is 1150 g/mol. The number of imidazole rings is 1. The van der Waals surface area contributed by atoms with E-state index in [2.05, 4.69) is 154 Å². The standard InChI is InChI=1S/C68H43N5O.Pt/c1-43-32-33-48(70-42-71(61-31-15-14-30-60(61)70)67-50(45-18-6-3-7-19-45)25-16-26-51(67)46-20-8-4-9-21-46)37-65(43)74-49-34-35-53-56-39-57-55-28-17-27-54-52-24-12-13-29-59(52)73(68(54)55)64(57)40-63(56)72(62(53)38-49)66-36-44(2)58(41-69-66)47-22-10-5-11-23-47;/h3-36,39-41H,1-2H3;/q-2;/i1D3,2D3;. The molecule has 0 bridgehead atoms. The van der Waals surface area contributed by atoms with Gasteiger partial charge in [-0.25, -0.2) is 0 Å². The Bertz CT molecular complexity index is 5020. The van der Waals surface area contributed by atoms with Crippen LogP contribution < -0.4 is 4.74 Å². The molecule has 6 nitrogen and oxygen atoms in total. The van der Waals surface area contributed by atoms with Crippen LogP contribution >= 0.6 is 0 Å². The number of nitrogens with zero attached hydrogens (tertiary/aromatic N) is 5. The van der Waals surface area contributed by atoms with Gasteiger partial charge < -0.3 is 4.40 Å². The van der Waals surface area contributed by atoms with Crippen molar-refractivity contribution in [1.82, 2.24) is 23.1 Å². The van der Waals surface area contributed by atoms with E-state index in [-0.39, 0.29) is 22.6 Å². The molecule has 0 N–H and O–H groups in total. The summed E-state index contributed by atoms with van der Waals surface area (Å²) in [4.78, 5) is 5.05. The van der Waals surface area contributed by atoms with Gasteiger partial charge in [-0.1, -0.05) is 66.7 Å². The molecule has 0 amide bonds. The number of pyridine rings is 1. The van der Waals surface area contributed by atoms with E-state index < -0.39 is 13.7 Å². The third kappa shape index (κ3) is 6.69. The van der Waals surface area contributed by atoms with Crippen LogP contribution in [0.3, 0.4) is 0 Å². The Morgan fingerprint density at radius 2 is 1.05 bits per heavy atom. The molecule has 10 aromatic carbocycles. The molecule has 0 spiro atoms. The number of benzene rings is 10. The van der Waals surface area contributed by atoms with Gasteiger partial charge in [-0.05, 0) is 24.0 Å². The summed E-state index contributed by atoms with van der Waals surface area (Å²) in [7, 11) is 0. The maximum atomic E-state index is 8.82. The van der Waals surface area contributed by atoms with Crippen LogP contribution in [0.15, 0.2) is 225 Å². The zero-order valence-corrected chi connectivity index (χ0v) is 42.1. The first-order chi connectivity index (χ1) is 39.4. The molecular weight excluding hydrogens is 1100 g/mol. The average molecular weight is 1150 g/mol. The smallest absolute Gasteiger partial charge is 0.0622 e. The number of aryl methyl sites for hydroxylation is 2. The fourth-order valence-electron chi connectivity index (χ4n) is 11.4. The number of hydrogen-bond donors (Lipinski definition) is 0. The van der Waals surface area contributed by atoms with Crippen molar-refractivity contribution in [3.63, 3.8) is 0 Å². The summed E-state index contributed by atoms with van der Waals surface area (Å²) in [6, 6.07) is 79.8. The molecule has 0 aliphatic heterocycles. The fraction of sp³-hybridized carbons (Fsp3) is 0.0294. The number of para-hydroxylation sites is 5. The van der Waals surface area contributed by atoms with Crippen LogP contribution in [0.4, 0.5) is 0 Å². The number of rotatable bonds is 8. The van der Waals surface area contributed by atoms with Crippen molar-refractivity contribution >= 4 is 70.9 Å². The zero-order chi connectivity index (χ0) is 54.9. The van der Waals surface area contributed by atoms with E-state index in [1.807, 2.05) is 89.5 Å². The summed E-state index contributed by atoms with van der Waals surface area (Å²) in [6.07, 6.45) is 1.64. The first-order valence-corrected chi connectivity index (χ1v) is 25.8. The van der Waals surface area contributed by atoms with Crippen molar-refractivity contribution in [2.24, 2.45) is 0 Å². The second kappa shape index (κ2) is 17.0. The van der Waals surface area contributed by atoms with Gasteiger partial charge in [0.2, 0.25) is 0 Å². The number of fused-ring (bicyclic) bond motifs is 10. The van der Waals surface area contributed by atoms with Gasteiger partial charge in [0.05, 0.1) is 16.6 Å². The summed E-state index contributed by atoms with van der Waals surface area (Å²) in [6.45, 7) is -5.09. The summed E-state index contributed by atoms with van der Waals surface area (Å²) in [5, 5.41) is 6.20. The molecule has 15 aromatic rings. The predicted molar refractivity (Wildman–Crippen MR) is 303 cm³/mol. The van der Waals surface area contributed by atoms with Crippen LogP contribution in [-0.4, -0.2) is 23.1 Å². The van der Waals surface area contributed by atoms with Crippen molar-refractivity contribution in [3.05, 3.63) is 252 Å². The molecule has 0 aliphatic rings. The van der Waals surface area contributed by atoms with Crippen LogP contribution in [0.2, 0.25) is 0 Å². The van der Waals surface area contributed by atoms with E-state index in [4.69, 9.17) is 17.9 Å². The Morgan fingerprint density at radius 1 is 0.453 bits per heavy atom. The Balaban J connectivity index is 0.942. The number of aromatic nitrogens is 5. The SMILES string of the molecule is [2H]C([2H])([2H])c1ccc(-n2[c](=[Pt])n(-c3c(-c4ccccc4)cccc3-c3ccccc3)c3ccccc32)[c-]c1Oc1[c-]c2c(cc1)c1cc3c4cccc5c6ccccc6n(c3cc1n2-c1cc(C([2H])([2H])[2H])c(-c2ccccc2)cn1)c54. The van der Waals surface area contributed by atoms with Gasteiger partial charge in [0.15, 0.2) is 0 Å². The third-order valence-corrected chi connectivity index (χ3v) is 15.7. The van der Waals surface area contributed by atoms with Crippen LogP contribution in [0.25, 0.3) is 122 Å². The number of hydrogen-bond acceptors (Lipinski definition) is 2. The van der Waals surface area contributed by atoms with Crippen LogP contribution in [0.5, 0.6) is 11.5 Å². The van der Waals surface area contributed by atoms with Gasteiger partial charge in [-0.3, -0.25) is 0 Å². The Labute approximate surface area is 451 Å². The quantitative estimate of drug-likeness (QED) is 0.142. The summed E-state index contributed by atoms with van der Waals surface area (Å²) in [5.41, 5.74) is 13.4. The summed E-state index contributed by atoms with van der Waals surface area (Å²) < 4.78 is 69.1. The second-order valence-corrected chi connectivity index (χ2v) is 19.9. The van der Waals surface area contributed by atoms with Gasteiger partial charge in [0.1, 0.15) is 0 Å². The molecule has 15 rings (SSSR count). The van der Waals surface area contributed by atoms with E-state index in [0.717, 1.165) is 103 Å². The average Bonchev–Trinajstić information content (AvgIpc) is 3.44. The van der Waals surface area contributed by atoms with Crippen LogP contribution in [0, 0.1) is 29.6 Å². The van der Waals surface area contributed by atoms with Gasteiger partial charge in [-0.2, -0.15) is 0 Å². The van der Waals surface area contributed by atoms with Gasteiger partial charge in [0.25, 0.3) is 0 Å². The molecule has 0 radical (unpaired) electrons. The van der Waals surface area contributed by atoms with E-state index in [9.17, 15) is 0 Å². The molecule has 0 fully saturated rings. The first-order valence-electron chi connectivity index (χ1n) is 27.7. The van der Waals surface area contributed by atoms with Gasteiger partial charge in [0, 0.05) is 37.4 Å². The molecular formula is C68H43N5OPt-2. The Hall–Kier alpha value is -9.09. The second-order valence-electron chi connectivity index (χ2n) is 18.8. The minimum Gasteiger partial charge on any atom is -0.0622 e. The molecule has 0 unspecified atom stereocenters. The molecule has 0 aliphatic carbocycles. The maximum absolute atomic E-state index is 8.82. The third-order valence-electron chi connectivity index (χ3n) is 14.7. The van der Waals surface area contributed by atoms with E-state index in [1.165, 1.54) is 0 Å².